The Bertz CT molecular complexity index is 506. The highest BCUT2D eigenvalue weighted by molar-refractivity contribution is 6.29. The summed E-state index contributed by atoms with van der Waals surface area (Å²) in [7, 11) is 0. The van der Waals surface area contributed by atoms with Gasteiger partial charge in [0.15, 0.2) is 5.65 Å². The molecule has 84 valence electrons. The fourth-order valence-electron chi connectivity index (χ4n) is 2.01. The molecule has 1 saturated heterocycles. The van der Waals surface area contributed by atoms with Crippen molar-refractivity contribution in [1.29, 1.82) is 0 Å². The third kappa shape index (κ3) is 1.66. The van der Waals surface area contributed by atoms with E-state index in [2.05, 4.69) is 15.2 Å². The molecule has 3 heterocycles. The molecule has 6 heteroatoms. The highest BCUT2D eigenvalue weighted by Crippen LogP contribution is 2.18. The van der Waals surface area contributed by atoms with E-state index in [4.69, 9.17) is 16.3 Å². The Balaban J connectivity index is 1.97. The van der Waals surface area contributed by atoms with E-state index in [-0.39, 0.29) is 6.10 Å². The standard InChI is InChI=1S/C10H11ClN4O/c11-8-5-12-6-10-14-13-9(15(8)10)4-7-2-1-3-16-7/h5-7H,1-4H2. The molecule has 5 nitrogen and oxygen atoms in total. The molecule has 1 atom stereocenters. The molecule has 1 aliphatic rings. The van der Waals surface area contributed by atoms with Crippen LogP contribution in [0.3, 0.4) is 0 Å². The highest BCUT2D eigenvalue weighted by atomic mass is 35.5. The van der Waals surface area contributed by atoms with Gasteiger partial charge in [-0.05, 0) is 12.8 Å². The average molecular weight is 239 g/mol. The van der Waals surface area contributed by atoms with Crippen molar-refractivity contribution < 1.29 is 4.74 Å². The molecule has 0 N–H and O–H groups in total. The van der Waals surface area contributed by atoms with Crippen LogP contribution in [0.5, 0.6) is 0 Å². The van der Waals surface area contributed by atoms with Crippen LogP contribution in [-0.2, 0) is 11.2 Å². The molecule has 0 saturated carbocycles. The van der Waals surface area contributed by atoms with Gasteiger partial charge in [0, 0.05) is 13.0 Å². The summed E-state index contributed by atoms with van der Waals surface area (Å²) in [4.78, 5) is 3.97. The quantitative estimate of drug-likeness (QED) is 0.796. The van der Waals surface area contributed by atoms with Crippen LogP contribution in [0.1, 0.15) is 18.7 Å². The van der Waals surface area contributed by atoms with Gasteiger partial charge in [-0.3, -0.25) is 9.38 Å². The average Bonchev–Trinajstić information content (AvgIpc) is 2.90. The number of ether oxygens (including phenoxy) is 1. The number of rotatable bonds is 2. The summed E-state index contributed by atoms with van der Waals surface area (Å²) in [5.74, 6) is 0.842. The minimum absolute atomic E-state index is 0.247. The van der Waals surface area contributed by atoms with E-state index in [9.17, 15) is 0 Å². The zero-order valence-electron chi connectivity index (χ0n) is 8.64. The molecule has 16 heavy (non-hydrogen) atoms. The van der Waals surface area contributed by atoms with Gasteiger partial charge in [-0.1, -0.05) is 11.6 Å². The van der Waals surface area contributed by atoms with Crippen LogP contribution in [0.2, 0.25) is 5.15 Å². The molecule has 0 amide bonds. The number of aromatic nitrogens is 4. The number of fused-ring (bicyclic) bond motifs is 1. The van der Waals surface area contributed by atoms with Crippen molar-refractivity contribution in [3.8, 4) is 0 Å². The predicted octanol–water partition coefficient (Wildman–Crippen LogP) is 1.50. The van der Waals surface area contributed by atoms with Crippen LogP contribution in [0, 0.1) is 0 Å². The van der Waals surface area contributed by atoms with Gasteiger partial charge in [-0.2, -0.15) is 0 Å². The van der Waals surface area contributed by atoms with Crippen LogP contribution >= 0.6 is 11.6 Å². The second kappa shape index (κ2) is 3.99. The smallest absolute Gasteiger partial charge is 0.180 e. The molecule has 2 aromatic heterocycles. The van der Waals surface area contributed by atoms with Gasteiger partial charge in [0.1, 0.15) is 11.0 Å². The van der Waals surface area contributed by atoms with Crippen molar-refractivity contribution in [3.05, 3.63) is 23.4 Å². The van der Waals surface area contributed by atoms with E-state index in [1.165, 1.54) is 0 Å². The summed E-state index contributed by atoms with van der Waals surface area (Å²) in [5, 5.41) is 8.70. The third-order valence-electron chi connectivity index (χ3n) is 2.77. The Morgan fingerprint density at radius 2 is 2.38 bits per heavy atom. The summed E-state index contributed by atoms with van der Waals surface area (Å²) in [5.41, 5.74) is 0.681. The summed E-state index contributed by atoms with van der Waals surface area (Å²) >= 11 is 6.07. The first-order chi connectivity index (χ1) is 7.84. The molecule has 0 aromatic carbocycles. The maximum atomic E-state index is 6.07. The first-order valence-corrected chi connectivity index (χ1v) is 5.67. The van der Waals surface area contributed by atoms with Gasteiger partial charge in [-0.15, -0.1) is 10.2 Å². The monoisotopic (exact) mass is 238 g/mol. The van der Waals surface area contributed by atoms with E-state index >= 15 is 0 Å². The molecule has 0 aliphatic carbocycles. The van der Waals surface area contributed by atoms with Crippen molar-refractivity contribution >= 4 is 17.2 Å². The van der Waals surface area contributed by atoms with Gasteiger partial charge in [0.2, 0.25) is 0 Å². The Morgan fingerprint density at radius 1 is 1.44 bits per heavy atom. The van der Waals surface area contributed by atoms with Crippen LogP contribution in [0.15, 0.2) is 12.4 Å². The maximum absolute atomic E-state index is 6.07. The Morgan fingerprint density at radius 3 is 3.19 bits per heavy atom. The van der Waals surface area contributed by atoms with Crippen molar-refractivity contribution in [2.45, 2.75) is 25.4 Å². The Hall–Kier alpha value is -1.20. The minimum atomic E-state index is 0.247. The minimum Gasteiger partial charge on any atom is -0.378 e. The summed E-state index contributed by atoms with van der Waals surface area (Å²) in [6, 6.07) is 0. The predicted molar refractivity (Wildman–Crippen MR) is 58.5 cm³/mol. The summed E-state index contributed by atoms with van der Waals surface area (Å²) < 4.78 is 7.39. The van der Waals surface area contributed by atoms with Crippen LogP contribution in [-0.4, -0.2) is 32.3 Å². The Labute approximate surface area is 97.4 Å². The Kier molecular flexibility index (Phi) is 2.49. The number of hydrogen-bond donors (Lipinski definition) is 0. The molecule has 1 unspecified atom stereocenters. The molecular weight excluding hydrogens is 228 g/mol. The number of hydrogen-bond acceptors (Lipinski definition) is 4. The molecule has 3 rings (SSSR count). The van der Waals surface area contributed by atoms with Crippen LogP contribution in [0.25, 0.3) is 5.65 Å². The lowest BCUT2D eigenvalue weighted by Crippen LogP contribution is -2.11. The lowest BCUT2D eigenvalue weighted by molar-refractivity contribution is 0.109. The van der Waals surface area contributed by atoms with Crippen molar-refractivity contribution in [2.75, 3.05) is 6.61 Å². The SMILES string of the molecule is Clc1cncc2nnc(CC3CCCO3)n12. The van der Waals surface area contributed by atoms with E-state index in [1.54, 1.807) is 12.4 Å². The molecule has 0 spiro atoms. The fourth-order valence-corrected chi connectivity index (χ4v) is 2.25. The van der Waals surface area contributed by atoms with Gasteiger partial charge in [0.25, 0.3) is 0 Å². The molecule has 2 aromatic rings. The maximum Gasteiger partial charge on any atom is 0.180 e. The first kappa shape index (κ1) is 9.99. The molecule has 1 fully saturated rings. The lowest BCUT2D eigenvalue weighted by atomic mass is 10.2. The third-order valence-corrected chi connectivity index (χ3v) is 3.04. The lowest BCUT2D eigenvalue weighted by Gasteiger charge is -2.07. The van der Waals surface area contributed by atoms with Crippen LogP contribution < -0.4 is 0 Å². The van der Waals surface area contributed by atoms with Gasteiger partial charge in [0.05, 0.1) is 18.5 Å². The van der Waals surface area contributed by atoms with Crippen LogP contribution in [0.4, 0.5) is 0 Å². The van der Waals surface area contributed by atoms with Gasteiger partial charge in [-0.25, -0.2) is 0 Å². The zero-order chi connectivity index (χ0) is 11.0. The van der Waals surface area contributed by atoms with Crippen molar-refractivity contribution in [2.24, 2.45) is 0 Å². The van der Waals surface area contributed by atoms with E-state index in [0.717, 1.165) is 31.7 Å². The van der Waals surface area contributed by atoms with Gasteiger partial charge < -0.3 is 4.74 Å². The van der Waals surface area contributed by atoms with Crippen molar-refractivity contribution in [1.82, 2.24) is 19.6 Å². The second-order valence-electron chi connectivity index (χ2n) is 3.88. The highest BCUT2D eigenvalue weighted by Gasteiger charge is 2.19. The number of halogens is 1. The first-order valence-electron chi connectivity index (χ1n) is 5.30. The number of nitrogens with zero attached hydrogens (tertiary/aromatic N) is 4. The molecule has 1 aliphatic heterocycles. The zero-order valence-corrected chi connectivity index (χ0v) is 9.39. The fraction of sp³-hybridized carbons (Fsp3) is 0.500. The molecular formula is C10H11ClN4O. The largest absolute Gasteiger partial charge is 0.378 e. The van der Waals surface area contributed by atoms with E-state index < -0.39 is 0 Å². The normalized spacial score (nSPS) is 20.7. The summed E-state index contributed by atoms with van der Waals surface area (Å²) in [6.07, 6.45) is 6.45. The second-order valence-corrected chi connectivity index (χ2v) is 4.27. The van der Waals surface area contributed by atoms with E-state index in [0.29, 0.717) is 10.8 Å². The van der Waals surface area contributed by atoms with E-state index in [1.807, 2.05) is 4.40 Å². The van der Waals surface area contributed by atoms with Gasteiger partial charge >= 0.3 is 0 Å². The van der Waals surface area contributed by atoms with Crippen molar-refractivity contribution in [3.63, 3.8) is 0 Å². The molecule has 0 bridgehead atoms. The topological polar surface area (TPSA) is 52.3 Å². The molecule has 0 radical (unpaired) electrons. The summed E-state index contributed by atoms with van der Waals surface area (Å²) in [6.45, 7) is 0.844.